The molecule has 0 aliphatic carbocycles. The standard InChI is InChI=1S/C16H22N4O2/c1-12(8-10-21)11-17-16(22)19-15-7-9-18-20(15)14-6-4-3-5-13(14)2/h3-7,9,12,21H,8,10-11H2,1-2H3,(H2,17,19,22). The van der Waals surface area contributed by atoms with Crippen molar-refractivity contribution >= 4 is 11.8 Å². The van der Waals surface area contributed by atoms with E-state index in [4.69, 9.17) is 5.11 Å². The molecule has 1 heterocycles. The molecular formula is C16H22N4O2. The largest absolute Gasteiger partial charge is 0.396 e. The number of hydrogen-bond donors (Lipinski definition) is 3. The van der Waals surface area contributed by atoms with Crippen molar-refractivity contribution in [3.63, 3.8) is 0 Å². The SMILES string of the molecule is Cc1ccccc1-n1nccc1NC(=O)NCC(C)CCO. The number of rotatable bonds is 6. The van der Waals surface area contributed by atoms with E-state index in [0.29, 0.717) is 18.8 Å². The van der Waals surface area contributed by atoms with Gasteiger partial charge in [-0.2, -0.15) is 5.10 Å². The van der Waals surface area contributed by atoms with E-state index >= 15 is 0 Å². The molecule has 1 unspecified atom stereocenters. The normalized spacial score (nSPS) is 12.0. The van der Waals surface area contributed by atoms with Gasteiger partial charge in [0.1, 0.15) is 5.82 Å². The Balaban J connectivity index is 2.01. The first-order valence-electron chi connectivity index (χ1n) is 7.37. The van der Waals surface area contributed by atoms with Gasteiger partial charge in [0.05, 0.1) is 11.9 Å². The summed E-state index contributed by atoms with van der Waals surface area (Å²) < 4.78 is 1.70. The Morgan fingerprint density at radius 2 is 2.14 bits per heavy atom. The number of carbonyl (C=O) groups excluding carboxylic acids is 1. The number of aryl methyl sites for hydroxylation is 1. The summed E-state index contributed by atoms with van der Waals surface area (Å²) >= 11 is 0. The molecule has 3 N–H and O–H groups in total. The maximum atomic E-state index is 12.0. The highest BCUT2D eigenvalue weighted by atomic mass is 16.3. The molecule has 1 aromatic carbocycles. The van der Waals surface area contributed by atoms with Crippen LogP contribution in [0, 0.1) is 12.8 Å². The van der Waals surface area contributed by atoms with Crippen LogP contribution in [-0.4, -0.2) is 34.1 Å². The van der Waals surface area contributed by atoms with Crippen LogP contribution in [0.25, 0.3) is 5.69 Å². The summed E-state index contributed by atoms with van der Waals surface area (Å²) in [6, 6.07) is 9.32. The average Bonchev–Trinajstić information content (AvgIpc) is 2.94. The quantitative estimate of drug-likeness (QED) is 0.766. The van der Waals surface area contributed by atoms with Crippen molar-refractivity contribution < 1.29 is 9.90 Å². The Labute approximate surface area is 130 Å². The third-order valence-corrected chi connectivity index (χ3v) is 3.46. The second-order valence-electron chi connectivity index (χ2n) is 5.37. The number of nitrogens with one attached hydrogen (secondary N) is 2. The molecule has 2 aromatic rings. The Kier molecular flexibility index (Phi) is 5.55. The third-order valence-electron chi connectivity index (χ3n) is 3.46. The lowest BCUT2D eigenvalue weighted by Crippen LogP contribution is -2.33. The van der Waals surface area contributed by atoms with E-state index in [2.05, 4.69) is 15.7 Å². The van der Waals surface area contributed by atoms with Gasteiger partial charge < -0.3 is 10.4 Å². The number of aliphatic hydroxyl groups is 1. The minimum absolute atomic E-state index is 0.129. The lowest BCUT2D eigenvalue weighted by molar-refractivity contribution is 0.243. The number of benzene rings is 1. The number of nitrogens with zero attached hydrogens (tertiary/aromatic N) is 2. The molecule has 0 spiro atoms. The number of para-hydroxylation sites is 1. The van der Waals surface area contributed by atoms with E-state index in [1.807, 2.05) is 38.1 Å². The molecule has 22 heavy (non-hydrogen) atoms. The minimum atomic E-state index is -0.278. The Hall–Kier alpha value is -2.34. The molecule has 0 saturated heterocycles. The molecule has 0 aliphatic heterocycles. The molecule has 1 aromatic heterocycles. The lowest BCUT2D eigenvalue weighted by Gasteiger charge is -2.13. The first kappa shape index (κ1) is 16.0. The second-order valence-corrected chi connectivity index (χ2v) is 5.37. The van der Waals surface area contributed by atoms with Crippen molar-refractivity contribution in [2.75, 3.05) is 18.5 Å². The van der Waals surface area contributed by atoms with Crippen molar-refractivity contribution in [1.82, 2.24) is 15.1 Å². The maximum Gasteiger partial charge on any atom is 0.320 e. The molecular weight excluding hydrogens is 280 g/mol. The number of amides is 2. The van der Waals surface area contributed by atoms with Crippen molar-refractivity contribution in [3.05, 3.63) is 42.1 Å². The first-order valence-corrected chi connectivity index (χ1v) is 7.37. The van der Waals surface area contributed by atoms with Gasteiger partial charge in [-0.25, -0.2) is 9.48 Å². The van der Waals surface area contributed by atoms with Gasteiger partial charge in [-0.05, 0) is 30.9 Å². The molecule has 0 fully saturated rings. The van der Waals surface area contributed by atoms with Gasteiger partial charge in [0.15, 0.2) is 0 Å². The highest BCUT2D eigenvalue weighted by molar-refractivity contribution is 5.88. The van der Waals surface area contributed by atoms with Crippen molar-refractivity contribution in [3.8, 4) is 5.69 Å². The summed E-state index contributed by atoms with van der Waals surface area (Å²) in [6.07, 6.45) is 2.32. The topological polar surface area (TPSA) is 79.2 Å². The number of carbonyl (C=O) groups is 1. The zero-order chi connectivity index (χ0) is 15.9. The summed E-state index contributed by atoms with van der Waals surface area (Å²) in [7, 11) is 0. The van der Waals surface area contributed by atoms with Gasteiger partial charge in [-0.1, -0.05) is 25.1 Å². The van der Waals surface area contributed by atoms with Gasteiger partial charge in [0.2, 0.25) is 0 Å². The summed E-state index contributed by atoms with van der Waals surface area (Å²) in [5.41, 5.74) is 2.00. The van der Waals surface area contributed by atoms with E-state index in [-0.39, 0.29) is 18.6 Å². The zero-order valence-corrected chi connectivity index (χ0v) is 12.9. The van der Waals surface area contributed by atoms with E-state index < -0.39 is 0 Å². The van der Waals surface area contributed by atoms with Crippen LogP contribution in [-0.2, 0) is 0 Å². The fraction of sp³-hybridized carbons (Fsp3) is 0.375. The van der Waals surface area contributed by atoms with Crippen molar-refractivity contribution in [2.24, 2.45) is 5.92 Å². The van der Waals surface area contributed by atoms with Crippen LogP contribution < -0.4 is 10.6 Å². The number of hydrogen-bond acceptors (Lipinski definition) is 3. The van der Waals surface area contributed by atoms with Crippen molar-refractivity contribution in [1.29, 1.82) is 0 Å². The lowest BCUT2D eigenvalue weighted by atomic mass is 10.1. The van der Waals surface area contributed by atoms with E-state index in [1.54, 1.807) is 16.9 Å². The molecule has 2 amide bonds. The van der Waals surface area contributed by atoms with Crippen LogP contribution in [0.1, 0.15) is 18.9 Å². The highest BCUT2D eigenvalue weighted by Crippen LogP contribution is 2.18. The van der Waals surface area contributed by atoms with Crippen LogP contribution in [0.15, 0.2) is 36.5 Å². The van der Waals surface area contributed by atoms with Gasteiger partial charge in [0.25, 0.3) is 0 Å². The van der Waals surface area contributed by atoms with E-state index in [9.17, 15) is 4.79 Å². The minimum Gasteiger partial charge on any atom is -0.396 e. The van der Waals surface area contributed by atoms with Crippen LogP contribution in [0.4, 0.5) is 10.6 Å². The predicted octanol–water partition coefficient (Wildman–Crippen LogP) is 2.32. The number of anilines is 1. The molecule has 0 saturated carbocycles. The number of urea groups is 1. The van der Waals surface area contributed by atoms with E-state index in [0.717, 1.165) is 11.3 Å². The molecule has 1 atom stereocenters. The molecule has 0 radical (unpaired) electrons. The van der Waals surface area contributed by atoms with Crippen LogP contribution in [0.3, 0.4) is 0 Å². The summed E-state index contributed by atoms with van der Waals surface area (Å²) in [5, 5.41) is 18.7. The maximum absolute atomic E-state index is 12.0. The van der Waals surface area contributed by atoms with Gasteiger partial charge in [0, 0.05) is 19.2 Å². The number of aliphatic hydroxyl groups excluding tert-OH is 1. The predicted molar refractivity (Wildman–Crippen MR) is 86.2 cm³/mol. The Morgan fingerprint density at radius 3 is 2.86 bits per heavy atom. The smallest absolute Gasteiger partial charge is 0.320 e. The summed E-state index contributed by atoms with van der Waals surface area (Å²) in [4.78, 5) is 12.0. The monoisotopic (exact) mass is 302 g/mol. The molecule has 0 bridgehead atoms. The molecule has 6 heteroatoms. The van der Waals surface area contributed by atoms with Gasteiger partial charge in [-0.15, -0.1) is 0 Å². The van der Waals surface area contributed by atoms with Crippen LogP contribution >= 0.6 is 0 Å². The molecule has 6 nitrogen and oxygen atoms in total. The first-order chi connectivity index (χ1) is 10.6. The molecule has 118 valence electrons. The summed E-state index contributed by atoms with van der Waals surface area (Å²) in [6.45, 7) is 4.63. The average molecular weight is 302 g/mol. The van der Waals surface area contributed by atoms with Gasteiger partial charge >= 0.3 is 6.03 Å². The van der Waals surface area contributed by atoms with Gasteiger partial charge in [-0.3, -0.25) is 5.32 Å². The van der Waals surface area contributed by atoms with Crippen LogP contribution in [0.2, 0.25) is 0 Å². The second kappa shape index (κ2) is 7.61. The van der Waals surface area contributed by atoms with E-state index in [1.165, 1.54) is 0 Å². The number of aromatic nitrogens is 2. The Bertz CT molecular complexity index is 624. The zero-order valence-electron chi connectivity index (χ0n) is 12.9. The van der Waals surface area contributed by atoms with Crippen LogP contribution in [0.5, 0.6) is 0 Å². The highest BCUT2D eigenvalue weighted by Gasteiger charge is 2.10. The Morgan fingerprint density at radius 1 is 1.36 bits per heavy atom. The fourth-order valence-electron chi connectivity index (χ4n) is 2.14. The third kappa shape index (κ3) is 4.08. The summed E-state index contributed by atoms with van der Waals surface area (Å²) in [5.74, 6) is 0.846. The van der Waals surface area contributed by atoms with Crippen molar-refractivity contribution in [2.45, 2.75) is 20.3 Å². The fourth-order valence-corrected chi connectivity index (χ4v) is 2.14. The molecule has 0 aliphatic rings. The molecule has 2 rings (SSSR count).